The maximum atomic E-state index is 13.5. The lowest BCUT2D eigenvalue weighted by Crippen LogP contribution is -2.29. The maximum Gasteiger partial charge on any atom is 0.300 e. The van der Waals surface area contributed by atoms with Crippen molar-refractivity contribution in [2.75, 3.05) is 4.90 Å². The number of amides is 1. The summed E-state index contributed by atoms with van der Waals surface area (Å²) in [6.45, 7) is 12.3. The predicted molar refractivity (Wildman–Crippen MR) is 148 cm³/mol. The van der Waals surface area contributed by atoms with Crippen molar-refractivity contribution in [2.24, 2.45) is 0 Å². The van der Waals surface area contributed by atoms with E-state index in [1.807, 2.05) is 62.4 Å². The molecule has 3 aromatic rings. The van der Waals surface area contributed by atoms with E-state index < -0.39 is 17.7 Å². The van der Waals surface area contributed by atoms with Crippen LogP contribution in [0.2, 0.25) is 0 Å². The summed E-state index contributed by atoms with van der Waals surface area (Å²) in [5, 5.41) is 11.4. The van der Waals surface area contributed by atoms with Crippen LogP contribution in [0.5, 0.6) is 5.75 Å². The van der Waals surface area contributed by atoms with Gasteiger partial charge in [0.15, 0.2) is 0 Å². The molecule has 0 aromatic heterocycles. The van der Waals surface area contributed by atoms with Gasteiger partial charge in [-0.25, -0.2) is 0 Å². The van der Waals surface area contributed by atoms with E-state index in [1.165, 1.54) is 4.90 Å². The van der Waals surface area contributed by atoms with Crippen LogP contribution in [-0.4, -0.2) is 22.9 Å². The Bertz CT molecular complexity index is 1320. The number of hydrogen-bond donors (Lipinski definition) is 1. The Kier molecular flexibility index (Phi) is 7.53. The molecule has 4 rings (SSSR count). The van der Waals surface area contributed by atoms with Crippen LogP contribution < -0.4 is 9.64 Å². The fraction of sp³-hybridized carbons (Fsp3) is 0.312. The lowest BCUT2D eigenvalue weighted by Gasteiger charge is -2.26. The van der Waals surface area contributed by atoms with Gasteiger partial charge < -0.3 is 9.84 Å². The third kappa shape index (κ3) is 5.31. The molecule has 37 heavy (non-hydrogen) atoms. The standard InChI is InChI=1S/C32H35NO4/c1-19(2)22-10-12-24(13-11-22)29-28(30(34)25-8-7-9-27(18-25)37-21(5)6)31(35)32(36)33(29)26-16-14-23(15-17-26)20(3)4/h7-21,29,34H,1-6H3/b30-28-. The van der Waals surface area contributed by atoms with Crippen molar-refractivity contribution in [3.05, 3.63) is 101 Å². The number of anilines is 1. The summed E-state index contributed by atoms with van der Waals surface area (Å²) in [6.07, 6.45) is -0.0451. The second-order valence-electron chi connectivity index (χ2n) is 10.4. The van der Waals surface area contributed by atoms with Crippen LogP contribution >= 0.6 is 0 Å². The fourth-order valence-corrected chi connectivity index (χ4v) is 4.64. The van der Waals surface area contributed by atoms with Crippen molar-refractivity contribution in [3.63, 3.8) is 0 Å². The molecule has 1 aliphatic rings. The van der Waals surface area contributed by atoms with Crippen LogP contribution in [0.4, 0.5) is 5.69 Å². The molecule has 1 heterocycles. The summed E-state index contributed by atoms with van der Waals surface area (Å²) in [6, 6.07) is 21.8. The molecule has 0 bridgehead atoms. The van der Waals surface area contributed by atoms with Crippen molar-refractivity contribution in [2.45, 2.75) is 65.5 Å². The Morgan fingerprint density at radius 3 is 1.92 bits per heavy atom. The van der Waals surface area contributed by atoms with Gasteiger partial charge in [-0.3, -0.25) is 14.5 Å². The van der Waals surface area contributed by atoms with Gasteiger partial charge in [-0.2, -0.15) is 0 Å². The van der Waals surface area contributed by atoms with Crippen molar-refractivity contribution in [1.82, 2.24) is 0 Å². The van der Waals surface area contributed by atoms with Gasteiger partial charge in [-0.15, -0.1) is 0 Å². The summed E-state index contributed by atoms with van der Waals surface area (Å²) in [4.78, 5) is 28.4. The van der Waals surface area contributed by atoms with Crippen LogP contribution in [0.25, 0.3) is 5.76 Å². The van der Waals surface area contributed by atoms with Crippen LogP contribution in [0, 0.1) is 0 Å². The smallest absolute Gasteiger partial charge is 0.300 e. The molecule has 1 N–H and O–H groups in total. The van der Waals surface area contributed by atoms with Crippen molar-refractivity contribution in [1.29, 1.82) is 0 Å². The van der Waals surface area contributed by atoms with Gasteiger partial charge in [-0.05, 0) is 66.6 Å². The normalized spacial score (nSPS) is 17.3. The van der Waals surface area contributed by atoms with Crippen LogP contribution in [0.3, 0.4) is 0 Å². The van der Waals surface area contributed by atoms with Gasteiger partial charge in [0.2, 0.25) is 0 Å². The first-order valence-corrected chi connectivity index (χ1v) is 12.9. The SMILES string of the molecule is CC(C)Oc1cccc(/C(O)=C2/C(=O)C(=O)N(c3ccc(C(C)C)cc3)C2c2ccc(C(C)C)cc2)c1. The molecule has 0 radical (unpaired) electrons. The average Bonchev–Trinajstić information content (AvgIpc) is 3.13. The molecule has 1 saturated heterocycles. The molecule has 3 aromatic carbocycles. The highest BCUT2D eigenvalue weighted by atomic mass is 16.5. The first-order valence-electron chi connectivity index (χ1n) is 12.9. The van der Waals surface area contributed by atoms with Crippen LogP contribution in [-0.2, 0) is 9.59 Å². The second kappa shape index (κ2) is 10.6. The number of aliphatic hydroxyl groups excluding tert-OH is 1. The molecule has 5 nitrogen and oxygen atoms in total. The molecule has 0 spiro atoms. The quantitative estimate of drug-likeness (QED) is 0.211. The molecule has 0 saturated carbocycles. The first-order chi connectivity index (χ1) is 17.6. The number of ketones is 1. The van der Waals surface area contributed by atoms with Gasteiger partial charge in [0, 0.05) is 11.3 Å². The minimum atomic E-state index is -0.763. The van der Waals surface area contributed by atoms with Gasteiger partial charge in [0.25, 0.3) is 11.7 Å². The Labute approximate surface area is 219 Å². The highest BCUT2D eigenvalue weighted by molar-refractivity contribution is 6.51. The van der Waals surface area contributed by atoms with E-state index >= 15 is 0 Å². The summed E-state index contributed by atoms with van der Waals surface area (Å²) >= 11 is 0. The molecule has 1 unspecified atom stereocenters. The number of ether oxygens (including phenoxy) is 1. The Hall–Kier alpha value is -3.86. The zero-order valence-electron chi connectivity index (χ0n) is 22.4. The topological polar surface area (TPSA) is 66.8 Å². The van der Waals surface area contributed by atoms with Crippen LogP contribution in [0.1, 0.15) is 81.7 Å². The Morgan fingerprint density at radius 1 is 0.811 bits per heavy atom. The lowest BCUT2D eigenvalue weighted by molar-refractivity contribution is -0.132. The molecule has 5 heteroatoms. The Morgan fingerprint density at radius 2 is 1.38 bits per heavy atom. The van der Waals surface area contributed by atoms with E-state index in [9.17, 15) is 14.7 Å². The predicted octanol–water partition coefficient (Wildman–Crippen LogP) is 7.35. The molecular formula is C32H35NO4. The molecule has 192 valence electrons. The summed E-state index contributed by atoms with van der Waals surface area (Å²) < 4.78 is 5.79. The third-order valence-corrected chi connectivity index (χ3v) is 6.68. The maximum absolute atomic E-state index is 13.5. The molecular weight excluding hydrogens is 462 g/mol. The molecule has 1 fully saturated rings. The molecule has 1 aliphatic heterocycles. The number of hydrogen-bond acceptors (Lipinski definition) is 4. The summed E-state index contributed by atoms with van der Waals surface area (Å²) in [5.41, 5.74) is 4.15. The fourth-order valence-electron chi connectivity index (χ4n) is 4.64. The highest BCUT2D eigenvalue weighted by Gasteiger charge is 2.47. The number of nitrogens with zero attached hydrogens (tertiary/aromatic N) is 1. The monoisotopic (exact) mass is 497 g/mol. The minimum Gasteiger partial charge on any atom is -0.507 e. The van der Waals surface area contributed by atoms with E-state index in [0.717, 1.165) is 16.7 Å². The molecule has 1 atom stereocenters. The number of rotatable bonds is 7. The highest BCUT2D eigenvalue weighted by Crippen LogP contribution is 2.43. The van der Waals surface area contributed by atoms with Gasteiger partial charge in [0.05, 0.1) is 17.7 Å². The van der Waals surface area contributed by atoms with Gasteiger partial charge in [-0.1, -0.05) is 76.2 Å². The number of carbonyl (C=O) groups is 2. The summed E-state index contributed by atoms with van der Waals surface area (Å²) in [7, 11) is 0. The molecule has 1 amide bonds. The zero-order chi connectivity index (χ0) is 26.9. The number of Topliss-reactive ketones (excluding diaryl/α,β-unsaturated/α-hetero) is 1. The summed E-state index contributed by atoms with van der Waals surface area (Å²) in [5.74, 6) is -0.330. The Balaban J connectivity index is 1.88. The number of benzene rings is 3. The zero-order valence-corrected chi connectivity index (χ0v) is 22.4. The third-order valence-electron chi connectivity index (χ3n) is 6.68. The number of aliphatic hydroxyl groups is 1. The number of carbonyl (C=O) groups excluding carboxylic acids is 2. The van der Waals surface area contributed by atoms with Crippen LogP contribution in [0.15, 0.2) is 78.4 Å². The van der Waals surface area contributed by atoms with E-state index in [2.05, 4.69) is 27.7 Å². The second-order valence-corrected chi connectivity index (χ2v) is 10.4. The lowest BCUT2D eigenvalue weighted by atomic mass is 9.93. The van der Waals surface area contributed by atoms with Crippen molar-refractivity contribution >= 4 is 23.1 Å². The van der Waals surface area contributed by atoms with Crippen molar-refractivity contribution < 1.29 is 19.4 Å². The largest absolute Gasteiger partial charge is 0.507 e. The van der Waals surface area contributed by atoms with E-state index in [4.69, 9.17) is 4.74 Å². The first kappa shape index (κ1) is 26.2. The van der Waals surface area contributed by atoms with E-state index in [-0.39, 0.29) is 17.4 Å². The average molecular weight is 498 g/mol. The minimum absolute atomic E-state index is 0.0451. The van der Waals surface area contributed by atoms with Gasteiger partial charge >= 0.3 is 0 Å². The van der Waals surface area contributed by atoms with E-state index in [1.54, 1.807) is 24.3 Å². The van der Waals surface area contributed by atoms with E-state index in [0.29, 0.717) is 28.8 Å². The van der Waals surface area contributed by atoms with Crippen molar-refractivity contribution in [3.8, 4) is 5.75 Å². The molecule has 0 aliphatic carbocycles. The van der Waals surface area contributed by atoms with Gasteiger partial charge in [0.1, 0.15) is 11.5 Å².